The molecule has 0 unspecified atom stereocenters. The first kappa shape index (κ1) is 16.1. The Bertz CT molecular complexity index is 868. The van der Waals surface area contributed by atoms with E-state index in [9.17, 15) is 9.59 Å². The highest BCUT2D eigenvalue weighted by Gasteiger charge is 2.43. The molecule has 0 aliphatic carbocycles. The Hall–Kier alpha value is -2.40. The first-order valence-electron chi connectivity index (χ1n) is 8.55. The average Bonchev–Trinajstić information content (AvgIpc) is 3.20. The Labute approximate surface area is 151 Å². The third-order valence-electron chi connectivity index (χ3n) is 4.82. The van der Waals surface area contributed by atoms with E-state index < -0.39 is 0 Å². The van der Waals surface area contributed by atoms with Crippen molar-refractivity contribution in [1.29, 1.82) is 0 Å². The van der Waals surface area contributed by atoms with Gasteiger partial charge in [0.05, 0.1) is 5.57 Å². The maximum absolute atomic E-state index is 13.1. The van der Waals surface area contributed by atoms with Crippen molar-refractivity contribution < 1.29 is 9.59 Å². The van der Waals surface area contributed by atoms with Gasteiger partial charge in [-0.2, -0.15) is 0 Å². The summed E-state index contributed by atoms with van der Waals surface area (Å²) in [5, 5.41) is 1.95. The molecule has 0 N–H and O–H groups in total. The normalized spacial score (nSPS) is 17.7. The van der Waals surface area contributed by atoms with Gasteiger partial charge >= 0.3 is 0 Å². The van der Waals surface area contributed by atoms with Crippen molar-refractivity contribution >= 4 is 28.7 Å². The highest BCUT2D eigenvalue weighted by atomic mass is 32.1. The zero-order valence-electron chi connectivity index (χ0n) is 14.4. The maximum atomic E-state index is 13.1. The predicted molar refractivity (Wildman–Crippen MR) is 98.8 cm³/mol. The number of thiophene rings is 1. The number of rotatable bonds is 3. The van der Waals surface area contributed by atoms with E-state index in [-0.39, 0.29) is 17.9 Å². The van der Waals surface area contributed by atoms with E-state index in [4.69, 9.17) is 0 Å². The van der Waals surface area contributed by atoms with E-state index in [0.29, 0.717) is 17.8 Å². The van der Waals surface area contributed by atoms with Gasteiger partial charge in [-0.3, -0.25) is 14.5 Å². The van der Waals surface area contributed by atoms with Gasteiger partial charge in [-0.15, -0.1) is 11.3 Å². The van der Waals surface area contributed by atoms with Crippen molar-refractivity contribution in [2.45, 2.75) is 32.9 Å². The summed E-state index contributed by atoms with van der Waals surface area (Å²) in [6.07, 6.45) is 0.889. The zero-order chi connectivity index (χ0) is 17.6. The van der Waals surface area contributed by atoms with Gasteiger partial charge in [0, 0.05) is 24.0 Å². The van der Waals surface area contributed by atoms with Gasteiger partial charge in [0.25, 0.3) is 11.8 Å². The number of benzene rings is 1. The smallest absolute Gasteiger partial charge is 0.278 e. The predicted octanol–water partition coefficient (Wildman–Crippen LogP) is 3.29. The summed E-state index contributed by atoms with van der Waals surface area (Å²) in [6, 6.07) is 12.0. The Morgan fingerprint density at radius 3 is 2.44 bits per heavy atom. The van der Waals surface area contributed by atoms with Gasteiger partial charge in [0.15, 0.2) is 0 Å². The SMILES string of the molecule is CC(C)N1C(=O)C(c2cccs2)=C(N2CCc3ccccc3C2)C1=O. The van der Waals surface area contributed by atoms with Crippen LogP contribution < -0.4 is 0 Å². The van der Waals surface area contributed by atoms with E-state index in [0.717, 1.165) is 17.8 Å². The molecule has 4 rings (SSSR count). The first-order valence-corrected chi connectivity index (χ1v) is 9.43. The molecule has 2 aliphatic heterocycles. The summed E-state index contributed by atoms with van der Waals surface area (Å²) in [5.74, 6) is -0.334. The van der Waals surface area contributed by atoms with E-state index in [1.165, 1.54) is 27.4 Å². The molecule has 2 aliphatic rings. The van der Waals surface area contributed by atoms with Crippen LogP contribution in [0.3, 0.4) is 0 Å². The minimum atomic E-state index is -0.170. The lowest BCUT2D eigenvalue weighted by Crippen LogP contribution is -2.40. The van der Waals surface area contributed by atoms with Crippen molar-refractivity contribution in [3.63, 3.8) is 0 Å². The summed E-state index contributed by atoms with van der Waals surface area (Å²) < 4.78 is 0. The highest BCUT2D eigenvalue weighted by Crippen LogP contribution is 2.36. The van der Waals surface area contributed by atoms with Crippen LogP contribution in [0.25, 0.3) is 5.57 Å². The molecule has 3 heterocycles. The molecule has 0 saturated heterocycles. The number of carbonyl (C=O) groups is 2. The Kier molecular flexibility index (Phi) is 3.96. The average molecular weight is 352 g/mol. The highest BCUT2D eigenvalue weighted by molar-refractivity contribution is 7.11. The van der Waals surface area contributed by atoms with Crippen LogP contribution in [-0.2, 0) is 22.6 Å². The van der Waals surface area contributed by atoms with Crippen LogP contribution in [0.2, 0.25) is 0 Å². The van der Waals surface area contributed by atoms with Gasteiger partial charge in [0.1, 0.15) is 5.70 Å². The van der Waals surface area contributed by atoms with Crippen molar-refractivity contribution in [2.75, 3.05) is 6.54 Å². The molecule has 4 nitrogen and oxygen atoms in total. The molecular formula is C20H20N2O2S. The molecule has 0 atom stereocenters. The summed E-state index contributed by atoms with van der Waals surface area (Å²) in [4.78, 5) is 30.4. The second-order valence-electron chi connectivity index (χ2n) is 6.72. The molecule has 1 aromatic carbocycles. The minimum absolute atomic E-state index is 0.149. The number of nitrogens with zero attached hydrogens (tertiary/aromatic N) is 2. The van der Waals surface area contributed by atoms with E-state index in [1.807, 2.05) is 37.4 Å². The fourth-order valence-electron chi connectivity index (χ4n) is 3.63. The lowest BCUT2D eigenvalue weighted by atomic mass is 9.99. The molecule has 1 aromatic heterocycles. The van der Waals surface area contributed by atoms with Crippen molar-refractivity contribution in [3.8, 4) is 0 Å². The Morgan fingerprint density at radius 2 is 1.76 bits per heavy atom. The molecule has 5 heteroatoms. The number of hydrogen-bond donors (Lipinski definition) is 0. The summed E-state index contributed by atoms with van der Waals surface area (Å²) in [6.45, 7) is 5.20. The largest absolute Gasteiger partial charge is 0.362 e. The second kappa shape index (κ2) is 6.15. The summed E-state index contributed by atoms with van der Waals surface area (Å²) in [5.41, 5.74) is 3.69. The molecule has 2 aromatic rings. The van der Waals surface area contributed by atoms with Crippen LogP contribution in [-0.4, -0.2) is 34.2 Å². The number of carbonyl (C=O) groups excluding carboxylic acids is 2. The quantitative estimate of drug-likeness (QED) is 0.796. The maximum Gasteiger partial charge on any atom is 0.278 e. The van der Waals surface area contributed by atoms with Crippen LogP contribution in [0, 0.1) is 0 Å². The van der Waals surface area contributed by atoms with Crippen LogP contribution >= 0.6 is 11.3 Å². The lowest BCUT2D eigenvalue weighted by molar-refractivity contribution is -0.139. The fraction of sp³-hybridized carbons (Fsp3) is 0.300. The Balaban J connectivity index is 1.79. The van der Waals surface area contributed by atoms with Crippen LogP contribution in [0.15, 0.2) is 47.5 Å². The molecule has 0 spiro atoms. The summed E-state index contributed by atoms with van der Waals surface area (Å²) >= 11 is 1.51. The molecule has 0 saturated carbocycles. The van der Waals surface area contributed by atoms with E-state index in [1.54, 1.807) is 0 Å². The summed E-state index contributed by atoms with van der Waals surface area (Å²) in [7, 11) is 0. The van der Waals surface area contributed by atoms with Gasteiger partial charge in [-0.25, -0.2) is 0 Å². The molecule has 2 amide bonds. The second-order valence-corrected chi connectivity index (χ2v) is 7.66. The topological polar surface area (TPSA) is 40.6 Å². The van der Waals surface area contributed by atoms with Crippen LogP contribution in [0.4, 0.5) is 0 Å². The lowest BCUT2D eigenvalue weighted by Gasteiger charge is -2.31. The Morgan fingerprint density at radius 1 is 1.00 bits per heavy atom. The van der Waals surface area contributed by atoms with Gasteiger partial charge < -0.3 is 4.90 Å². The van der Waals surface area contributed by atoms with Gasteiger partial charge in [0.2, 0.25) is 0 Å². The van der Waals surface area contributed by atoms with Crippen molar-refractivity contribution in [3.05, 3.63) is 63.5 Å². The number of fused-ring (bicyclic) bond motifs is 1. The number of imide groups is 1. The van der Waals surface area contributed by atoms with E-state index in [2.05, 4.69) is 23.1 Å². The molecule has 25 heavy (non-hydrogen) atoms. The van der Waals surface area contributed by atoms with E-state index >= 15 is 0 Å². The first-order chi connectivity index (χ1) is 12.1. The minimum Gasteiger partial charge on any atom is -0.362 e. The molecule has 0 fully saturated rings. The fourth-order valence-corrected chi connectivity index (χ4v) is 4.39. The standard InChI is InChI=1S/C20H20N2O2S/c1-13(2)22-19(23)17(16-8-5-11-25-16)18(20(22)24)21-10-9-14-6-3-4-7-15(14)12-21/h3-8,11,13H,9-10,12H2,1-2H3. The van der Waals surface area contributed by atoms with Crippen molar-refractivity contribution in [1.82, 2.24) is 9.80 Å². The van der Waals surface area contributed by atoms with Gasteiger partial charge in [-0.1, -0.05) is 30.3 Å². The monoisotopic (exact) mass is 352 g/mol. The van der Waals surface area contributed by atoms with Crippen LogP contribution in [0.5, 0.6) is 0 Å². The van der Waals surface area contributed by atoms with Gasteiger partial charge in [-0.05, 0) is 42.8 Å². The molecule has 128 valence electrons. The third kappa shape index (κ3) is 2.59. The number of hydrogen-bond acceptors (Lipinski definition) is 4. The molecule has 0 bridgehead atoms. The van der Waals surface area contributed by atoms with Crippen molar-refractivity contribution in [2.24, 2.45) is 0 Å². The van der Waals surface area contributed by atoms with Crippen LogP contribution in [0.1, 0.15) is 29.9 Å². The zero-order valence-corrected chi connectivity index (χ0v) is 15.2. The number of amides is 2. The molecule has 0 radical (unpaired) electrons. The third-order valence-corrected chi connectivity index (χ3v) is 5.71. The molecular weight excluding hydrogens is 332 g/mol.